The van der Waals surface area contributed by atoms with Crippen LogP contribution in [0, 0.1) is 6.92 Å². The third kappa shape index (κ3) is 5.76. The van der Waals surface area contributed by atoms with Crippen LogP contribution in [0.2, 0.25) is 0 Å². The van der Waals surface area contributed by atoms with Crippen molar-refractivity contribution >= 4 is 17.7 Å². The molecule has 29 heavy (non-hydrogen) atoms. The monoisotopic (exact) mass is 393 g/mol. The van der Waals surface area contributed by atoms with Crippen LogP contribution in [0.25, 0.3) is 0 Å². The number of fused-ring (bicyclic) bond motifs is 1. The van der Waals surface area contributed by atoms with E-state index < -0.39 is 12.0 Å². The number of ketones is 1. The second-order valence-electron chi connectivity index (χ2n) is 7.64. The van der Waals surface area contributed by atoms with Crippen molar-refractivity contribution in [3.05, 3.63) is 70.3 Å². The van der Waals surface area contributed by atoms with Gasteiger partial charge in [-0.05, 0) is 55.4 Å². The maximum absolute atomic E-state index is 12.5. The Morgan fingerprint density at radius 3 is 2.38 bits per heavy atom. The van der Waals surface area contributed by atoms with Gasteiger partial charge in [-0.3, -0.25) is 14.4 Å². The topological polar surface area (TPSA) is 72.5 Å². The third-order valence-corrected chi connectivity index (χ3v) is 5.26. The molecule has 3 rings (SSSR count). The first kappa shape index (κ1) is 20.8. The van der Waals surface area contributed by atoms with Crippen LogP contribution in [0.15, 0.2) is 42.5 Å². The van der Waals surface area contributed by atoms with E-state index in [0.717, 1.165) is 30.4 Å². The van der Waals surface area contributed by atoms with Gasteiger partial charge in [-0.25, -0.2) is 0 Å². The van der Waals surface area contributed by atoms with Crippen LogP contribution < -0.4 is 5.32 Å². The van der Waals surface area contributed by atoms with Crippen molar-refractivity contribution in [1.82, 2.24) is 5.32 Å². The van der Waals surface area contributed by atoms with Crippen molar-refractivity contribution in [2.45, 2.75) is 52.0 Å². The molecule has 1 amide bonds. The molecule has 5 nitrogen and oxygen atoms in total. The minimum absolute atomic E-state index is 0.0277. The number of hydrogen-bond donors (Lipinski definition) is 1. The van der Waals surface area contributed by atoms with Crippen molar-refractivity contribution in [3.8, 4) is 0 Å². The van der Waals surface area contributed by atoms with Crippen LogP contribution in [0.1, 0.15) is 64.8 Å². The fourth-order valence-corrected chi connectivity index (χ4v) is 3.66. The van der Waals surface area contributed by atoms with Gasteiger partial charge in [0, 0.05) is 12.5 Å². The van der Waals surface area contributed by atoms with Crippen molar-refractivity contribution < 1.29 is 19.1 Å². The minimum Gasteiger partial charge on any atom is -0.457 e. The van der Waals surface area contributed by atoms with E-state index in [0.29, 0.717) is 5.56 Å². The molecular weight excluding hydrogens is 366 g/mol. The molecule has 0 aliphatic heterocycles. The fourth-order valence-electron chi connectivity index (χ4n) is 3.66. The number of esters is 1. The van der Waals surface area contributed by atoms with Crippen molar-refractivity contribution in [2.24, 2.45) is 0 Å². The summed E-state index contributed by atoms with van der Waals surface area (Å²) >= 11 is 0. The lowest BCUT2D eigenvalue weighted by Crippen LogP contribution is -2.29. The number of ether oxygens (including phenoxy) is 1. The molecule has 2 aromatic rings. The molecule has 0 fully saturated rings. The van der Waals surface area contributed by atoms with E-state index in [1.54, 1.807) is 0 Å². The van der Waals surface area contributed by atoms with Gasteiger partial charge in [-0.2, -0.15) is 0 Å². The number of amides is 1. The van der Waals surface area contributed by atoms with Crippen LogP contribution in [0.5, 0.6) is 0 Å². The Morgan fingerprint density at radius 2 is 1.69 bits per heavy atom. The Labute approximate surface area is 171 Å². The summed E-state index contributed by atoms with van der Waals surface area (Å²) in [5, 5.41) is 2.78. The Kier molecular flexibility index (Phi) is 6.81. The van der Waals surface area contributed by atoms with Crippen molar-refractivity contribution in [3.63, 3.8) is 0 Å². The number of carbonyl (C=O) groups excluding carboxylic acids is 3. The summed E-state index contributed by atoms with van der Waals surface area (Å²) in [4.78, 5) is 36.3. The van der Waals surface area contributed by atoms with Gasteiger partial charge < -0.3 is 10.1 Å². The zero-order valence-electron chi connectivity index (χ0n) is 17.0. The summed E-state index contributed by atoms with van der Waals surface area (Å²) in [6.45, 7) is 3.09. The fraction of sp³-hybridized carbons (Fsp3) is 0.375. The van der Waals surface area contributed by atoms with Gasteiger partial charge in [-0.15, -0.1) is 0 Å². The standard InChI is InChI=1S/C24H27NO4/c1-16-7-9-19(10-8-16)22(25-17(2)26)14-24(28)29-15-23(27)21-12-11-18-5-3-4-6-20(18)13-21/h7-13,22H,3-6,14-15H2,1-2H3,(H,25,26). The molecule has 5 heteroatoms. The lowest BCUT2D eigenvalue weighted by Gasteiger charge is -2.18. The molecule has 1 N–H and O–H groups in total. The number of Topliss-reactive ketones (excluding diaryl/α,β-unsaturated/α-hetero) is 1. The van der Waals surface area contributed by atoms with Gasteiger partial charge in [0.2, 0.25) is 5.91 Å². The molecule has 0 aromatic heterocycles. The zero-order valence-corrected chi connectivity index (χ0v) is 17.0. The van der Waals surface area contributed by atoms with Gasteiger partial charge in [0.1, 0.15) is 0 Å². The smallest absolute Gasteiger partial charge is 0.308 e. The Morgan fingerprint density at radius 1 is 1.00 bits per heavy atom. The first-order valence-electron chi connectivity index (χ1n) is 10.1. The number of carbonyl (C=O) groups is 3. The summed E-state index contributed by atoms with van der Waals surface area (Å²) in [6.07, 6.45) is 4.35. The summed E-state index contributed by atoms with van der Waals surface area (Å²) in [6, 6.07) is 12.9. The summed E-state index contributed by atoms with van der Waals surface area (Å²) in [7, 11) is 0. The molecule has 1 aliphatic rings. The van der Waals surface area contributed by atoms with Gasteiger partial charge in [0.15, 0.2) is 12.4 Å². The summed E-state index contributed by atoms with van der Waals surface area (Å²) in [5.41, 5.74) is 5.02. The van der Waals surface area contributed by atoms with E-state index in [1.807, 2.05) is 49.4 Å². The van der Waals surface area contributed by atoms with E-state index in [4.69, 9.17) is 4.74 Å². The van der Waals surface area contributed by atoms with E-state index in [2.05, 4.69) is 5.32 Å². The molecule has 1 atom stereocenters. The largest absolute Gasteiger partial charge is 0.457 e. The highest BCUT2D eigenvalue weighted by Gasteiger charge is 2.20. The number of rotatable bonds is 7. The minimum atomic E-state index is -0.518. The molecule has 152 valence electrons. The SMILES string of the molecule is CC(=O)NC(CC(=O)OCC(=O)c1ccc2c(c1)CCCC2)c1ccc(C)cc1. The second kappa shape index (κ2) is 9.50. The third-order valence-electron chi connectivity index (χ3n) is 5.26. The molecule has 0 spiro atoms. The molecule has 0 radical (unpaired) electrons. The highest BCUT2D eigenvalue weighted by molar-refractivity contribution is 5.98. The average molecular weight is 393 g/mol. The van der Waals surface area contributed by atoms with Crippen LogP contribution in [0.3, 0.4) is 0 Å². The van der Waals surface area contributed by atoms with Crippen molar-refractivity contribution in [1.29, 1.82) is 0 Å². The molecule has 0 bridgehead atoms. The molecule has 0 saturated heterocycles. The molecule has 1 aliphatic carbocycles. The second-order valence-corrected chi connectivity index (χ2v) is 7.64. The van der Waals surface area contributed by atoms with Crippen LogP contribution in [-0.2, 0) is 27.2 Å². The van der Waals surface area contributed by atoms with Gasteiger partial charge in [0.25, 0.3) is 0 Å². The molecule has 1 unspecified atom stereocenters. The maximum atomic E-state index is 12.5. The Bertz CT molecular complexity index is 902. The van der Waals surface area contributed by atoms with E-state index in [9.17, 15) is 14.4 Å². The number of hydrogen-bond acceptors (Lipinski definition) is 4. The molecule has 0 saturated carbocycles. The van der Waals surface area contributed by atoms with Gasteiger partial charge >= 0.3 is 5.97 Å². The zero-order chi connectivity index (χ0) is 20.8. The number of aryl methyl sites for hydroxylation is 3. The van der Waals surface area contributed by atoms with E-state index >= 15 is 0 Å². The highest BCUT2D eigenvalue weighted by Crippen LogP contribution is 2.23. The van der Waals surface area contributed by atoms with E-state index in [1.165, 1.54) is 24.5 Å². The Balaban J connectivity index is 1.59. The highest BCUT2D eigenvalue weighted by atomic mass is 16.5. The normalized spacial score (nSPS) is 13.9. The van der Waals surface area contributed by atoms with Crippen LogP contribution in [0.4, 0.5) is 0 Å². The lowest BCUT2D eigenvalue weighted by atomic mass is 9.90. The summed E-state index contributed by atoms with van der Waals surface area (Å²) < 4.78 is 5.22. The van der Waals surface area contributed by atoms with Crippen LogP contribution in [-0.4, -0.2) is 24.3 Å². The van der Waals surface area contributed by atoms with Crippen molar-refractivity contribution in [2.75, 3.05) is 6.61 Å². The quantitative estimate of drug-likeness (QED) is 0.573. The maximum Gasteiger partial charge on any atom is 0.308 e. The van der Waals surface area contributed by atoms with E-state index in [-0.39, 0.29) is 24.7 Å². The average Bonchev–Trinajstić information content (AvgIpc) is 2.71. The predicted molar refractivity (Wildman–Crippen MR) is 111 cm³/mol. The number of nitrogens with one attached hydrogen (secondary N) is 1. The Hall–Kier alpha value is -2.95. The summed E-state index contributed by atoms with van der Waals surface area (Å²) in [5.74, 6) is -0.956. The first-order chi connectivity index (χ1) is 13.9. The predicted octanol–water partition coefficient (Wildman–Crippen LogP) is 3.87. The van der Waals surface area contributed by atoms with Gasteiger partial charge in [0.05, 0.1) is 12.5 Å². The van der Waals surface area contributed by atoms with Gasteiger partial charge in [-0.1, -0.05) is 42.0 Å². The first-order valence-corrected chi connectivity index (χ1v) is 10.1. The lowest BCUT2D eigenvalue weighted by molar-refractivity contribution is -0.143. The molecule has 2 aromatic carbocycles. The molecule has 0 heterocycles. The van der Waals surface area contributed by atoms with Crippen LogP contribution >= 0.6 is 0 Å². The number of benzene rings is 2. The molecular formula is C24H27NO4.